The van der Waals surface area contributed by atoms with Crippen molar-refractivity contribution in [1.29, 1.82) is 0 Å². The van der Waals surface area contributed by atoms with Gasteiger partial charge in [0.05, 0.1) is 18.0 Å². The third-order valence-corrected chi connectivity index (χ3v) is 7.17. The Kier molecular flexibility index (Phi) is 4.93. The lowest BCUT2D eigenvalue weighted by Crippen LogP contribution is -2.31. The van der Waals surface area contributed by atoms with Crippen molar-refractivity contribution in [3.63, 3.8) is 0 Å². The third kappa shape index (κ3) is 3.42. The van der Waals surface area contributed by atoms with Gasteiger partial charge in [0.2, 0.25) is 10.0 Å². The first kappa shape index (κ1) is 19.0. The van der Waals surface area contributed by atoms with Crippen LogP contribution in [0, 0.1) is 5.92 Å². The summed E-state index contributed by atoms with van der Waals surface area (Å²) in [7, 11) is -1.84. The maximum absolute atomic E-state index is 12.6. The molecule has 0 bridgehead atoms. The zero-order valence-corrected chi connectivity index (χ0v) is 17.2. The van der Waals surface area contributed by atoms with Crippen LogP contribution in [0.25, 0.3) is 0 Å². The fourth-order valence-corrected chi connectivity index (χ4v) is 5.55. The van der Waals surface area contributed by atoms with Crippen molar-refractivity contribution in [2.45, 2.75) is 43.2 Å². The van der Waals surface area contributed by atoms with Gasteiger partial charge >= 0.3 is 0 Å². The molecule has 6 heteroatoms. The Morgan fingerprint density at radius 2 is 1.89 bits per heavy atom. The lowest BCUT2D eigenvalue weighted by atomic mass is 9.77. The van der Waals surface area contributed by atoms with Gasteiger partial charge in [-0.25, -0.2) is 13.1 Å². The second-order valence-corrected chi connectivity index (χ2v) is 9.49. The molecule has 1 aliphatic heterocycles. The smallest absolute Gasteiger partial charge is 0.240 e. The minimum absolute atomic E-state index is 0.141. The molecule has 2 aromatic carbocycles. The van der Waals surface area contributed by atoms with Crippen LogP contribution in [0.1, 0.15) is 43.4 Å². The van der Waals surface area contributed by atoms with Crippen molar-refractivity contribution < 1.29 is 13.2 Å². The number of ether oxygens (including phenoxy) is 1. The zero-order chi connectivity index (χ0) is 19.9. The summed E-state index contributed by atoms with van der Waals surface area (Å²) in [5, 5.41) is 3.65. The first-order valence-corrected chi connectivity index (χ1v) is 11.1. The molecule has 0 saturated carbocycles. The molecular weight excluding hydrogens is 372 g/mol. The van der Waals surface area contributed by atoms with E-state index in [9.17, 15) is 8.42 Å². The van der Waals surface area contributed by atoms with E-state index in [0.717, 1.165) is 23.4 Å². The van der Waals surface area contributed by atoms with Crippen molar-refractivity contribution >= 4 is 15.7 Å². The van der Waals surface area contributed by atoms with Gasteiger partial charge in [0.25, 0.3) is 0 Å². The number of rotatable bonds is 5. The number of benzene rings is 2. The minimum atomic E-state index is -3.51. The average Bonchev–Trinajstić information content (AvgIpc) is 3.16. The largest absolute Gasteiger partial charge is 0.497 e. The number of allylic oxidation sites excluding steroid dienone is 2. The summed E-state index contributed by atoms with van der Waals surface area (Å²) < 4.78 is 33.2. The Bertz CT molecular complexity index is 997. The number of anilines is 1. The van der Waals surface area contributed by atoms with E-state index in [1.54, 1.807) is 13.2 Å². The van der Waals surface area contributed by atoms with Crippen LogP contribution >= 0.6 is 0 Å². The quantitative estimate of drug-likeness (QED) is 0.741. The molecule has 3 atom stereocenters. The Hall–Kier alpha value is -2.31. The Morgan fingerprint density at radius 1 is 1.14 bits per heavy atom. The molecule has 28 heavy (non-hydrogen) atoms. The second kappa shape index (κ2) is 7.26. The fraction of sp³-hybridized carbons (Fsp3) is 0.364. The summed E-state index contributed by atoms with van der Waals surface area (Å²) in [4.78, 5) is 0.323. The standard InChI is InChI=1S/C22H26N2O3S/c1-14(2)24-28(25,26)17-11-12-21-20(13-17)18-5-4-6-19(18)22(23-21)15-7-9-16(27-3)10-8-15/h4-5,7-14,18-19,22-24H,6H2,1-3H3. The predicted octanol–water partition coefficient (Wildman–Crippen LogP) is 4.21. The van der Waals surface area contributed by atoms with Gasteiger partial charge in [0.15, 0.2) is 0 Å². The topological polar surface area (TPSA) is 67.4 Å². The van der Waals surface area contributed by atoms with Crippen molar-refractivity contribution in [1.82, 2.24) is 4.72 Å². The van der Waals surface area contributed by atoms with Gasteiger partial charge in [0, 0.05) is 17.6 Å². The van der Waals surface area contributed by atoms with Crippen molar-refractivity contribution in [2.24, 2.45) is 5.92 Å². The highest BCUT2D eigenvalue weighted by Gasteiger charge is 2.38. The van der Waals surface area contributed by atoms with E-state index in [0.29, 0.717) is 10.8 Å². The molecule has 0 fully saturated rings. The van der Waals surface area contributed by atoms with Crippen LogP contribution in [-0.4, -0.2) is 21.6 Å². The van der Waals surface area contributed by atoms with Gasteiger partial charge in [-0.1, -0.05) is 24.3 Å². The number of sulfonamides is 1. The maximum atomic E-state index is 12.6. The summed E-state index contributed by atoms with van der Waals surface area (Å²) in [5.41, 5.74) is 3.26. The van der Waals surface area contributed by atoms with Gasteiger partial charge < -0.3 is 10.1 Å². The number of hydrogen-bond acceptors (Lipinski definition) is 4. The van der Waals surface area contributed by atoms with Crippen LogP contribution in [-0.2, 0) is 10.0 Å². The summed E-state index contributed by atoms with van der Waals surface area (Å²) in [5.74, 6) is 1.41. The molecule has 2 aliphatic rings. The molecule has 0 spiro atoms. The number of fused-ring (bicyclic) bond motifs is 3. The first-order chi connectivity index (χ1) is 13.4. The average molecular weight is 399 g/mol. The fourth-order valence-electron chi connectivity index (χ4n) is 4.26. The van der Waals surface area contributed by atoms with Gasteiger partial charge in [-0.05, 0) is 67.6 Å². The molecule has 1 aliphatic carbocycles. The van der Waals surface area contributed by atoms with Crippen LogP contribution in [0.2, 0.25) is 0 Å². The second-order valence-electron chi connectivity index (χ2n) is 7.77. The molecule has 1 heterocycles. The van der Waals surface area contributed by atoms with E-state index in [1.807, 2.05) is 38.1 Å². The highest BCUT2D eigenvalue weighted by molar-refractivity contribution is 7.89. The van der Waals surface area contributed by atoms with Gasteiger partial charge in [0.1, 0.15) is 5.75 Å². The molecule has 148 valence electrons. The number of nitrogens with one attached hydrogen (secondary N) is 2. The summed E-state index contributed by atoms with van der Waals surface area (Å²) in [6.07, 6.45) is 5.39. The van der Waals surface area contributed by atoms with Gasteiger partial charge in [-0.2, -0.15) is 0 Å². The molecule has 2 N–H and O–H groups in total. The normalized spacial score (nSPS) is 23.2. The monoisotopic (exact) mass is 398 g/mol. The van der Waals surface area contributed by atoms with Crippen molar-refractivity contribution in [3.8, 4) is 5.75 Å². The molecule has 3 unspecified atom stereocenters. The third-order valence-electron chi connectivity index (χ3n) is 5.51. The van der Waals surface area contributed by atoms with Crippen molar-refractivity contribution in [2.75, 3.05) is 12.4 Å². The molecular formula is C22H26N2O3S. The maximum Gasteiger partial charge on any atom is 0.240 e. The van der Waals surface area contributed by atoms with Gasteiger partial charge in [-0.15, -0.1) is 0 Å². The van der Waals surface area contributed by atoms with E-state index in [-0.39, 0.29) is 18.0 Å². The summed E-state index contributed by atoms with van der Waals surface area (Å²) >= 11 is 0. The lowest BCUT2D eigenvalue weighted by Gasteiger charge is -2.37. The molecule has 0 aromatic heterocycles. The van der Waals surface area contributed by atoms with Gasteiger partial charge in [-0.3, -0.25) is 0 Å². The molecule has 0 radical (unpaired) electrons. The number of hydrogen-bond donors (Lipinski definition) is 2. The van der Waals surface area contributed by atoms with Crippen molar-refractivity contribution in [3.05, 3.63) is 65.7 Å². The molecule has 0 saturated heterocycles. The van der Waals surface area contributed by atoms with E-state index >= 15 is 0 Å². The molecule has 2 aromatic rings. The zero-order valence-electron chi connectivity index (χ0n) is 16.3. The van der Waals surface area contributed by atoms with E-state index in [1.165, 1.54) is 5.56 Å². The molecule has 4 rings (SSSR count). The van der Waals surface area contributed by atoms with Crippen LogP contribution in [0.3, 0.4) is 0 Å². The Morgan fingerprint density at radius 3 is 2.57 bits per heavy atom. The summed E-state index contributed by atoms with van der Waals surface area (Å²) in [6.45, 7) is 3.65. The van der Waals surface area contributed by atoms with Crippen LogP contribution in [0.5, 0.6) is 5.75 Å². The van der Waals surface area contributed by atoms with E-state index in [2.05, 4.69) is 34.3 Å². The highest BCUT2D eigenvalue weighted by Crippen LogP contribution is 2.50. The highest BCUT2D eigenvalue weighted by atomic mass is 32.2. The van der Waals surface area contributed by atoms with E-state index < -0.39 is 10.0 Å². The molecule has 5 nitrogen and oxygen atoms in total. The van der Waals surface area contributed by atoms with E-state index in [4.69, 9.17) is 4.74 Å². The van der Waals surface area contributed by atoms with Crippen LogP contribution < -0.4 is 14.8 Å². The first-order valence-electron chi connectivity index (χ1n) is 9.62. The Balaban J connectivity index is 1.70. The SMILES string of the molecule is COc1ccc(C2Nc3ccc(S(=O)(=O)NC(C)C)cc3C3C=CCC32)cc1. The Labute approximate surface area is 166 Å². The molecule has 0 amide bonds. The minimum Gasteiger partial charge on any atom is -0.497 e. The summed E-state index contributed by atoms with van der Waals surface area (Å²) in [6, 6.07) is 13.6. The van der Waals surface area contributed by atoms with Crippen LogP contribution in [0.4, 0.5) is 5.69 Å². The lowest BCUT2D eigenvalue weighted by molar-refractivity contribution is 0.411. The van der Waals surface area contributed by atoms with Crippen LogP contribution in [0.15, 0.2) is 59.5 Å². The number of methoxy groups -OCH3 is 1. The predicted molar refractivity (Wildman–Crippen MR) is 111 cm³/mol.